The van der Waals surface area contributed by atoms with Gasteiger partial charge in [-0.15, -0.1) is 0 Å². The lowest BCUT2D eigenvalue weighted by Gasteiger charge is -2.26. The van der Waals surface area contributed by atoms with Crippen LogP contribution in [0.5, 0.6) is 11.5 Å². The molecule has 2 nitrogen and oxygen atoms in total. The molecule has 0 radical (unpaired) electrons. The van der Waals surface area contributed by atoms with Crippen molar-refractivity contribution in [2.24, 2.45) is 5.92 Å². The quantitative estimate of drug-likeness (QED) is 0.785. The Kier molecular flexibility index (Phi) is 4.89. The van der Waals surface area contributed by atoms with Crippen LogP contribution in [0.3, 0.4) is 0 Å². The molecule has 0 aliphatic carbocycles. The summed E-state index contributed by atoms with van der Waals surface area (Å²) < 4.78 is 11.1. The fraction of sp³-hybridized carbons (Fsp3) is 0.368. The van der Waals surface area contributed by atoms with Gasteiger partial charge < -0.3 is 9.47 Å². The van der Waals surface area contributed by atoms with Gasteiger partial charge in [-0.2, -0.15) is 0 Å². The van der Waals surface area contributed by atoms with E-state index in [-0.39, 0.29) is 5.92 Å². The summed E-state index contributed by atoms with van der Waals surface area (Å²) in [6.45, 7) is 6.58. The number of aryl methyl sites for hydroxylation is 1. The average Bonchev–Trinajstić information content (AvgIpc) is 2.48. The highest BCUT2D eigenvalue weighted by molar-refractivity contribution is 5.48. The molecule has 2 aromatic carbocycles. The van der Waals surface area contributed by atoms with Gasteiger partial charge in [-0.1, -0.05) is 49.7 Å². The van der Waals surface area contributed by atoms with Crippen molar-refractivity contribution in [2.75, 3.05) is 14.2 Å². The normalized spacial score (nSPS) is 12.3. The maximum atomic E-state index is 5.59. The standard InChI is InChI=1S/C19H24O2/c1-13(2)19(15-8-6-7-9-17(15)20-4)16-12-14(3)10-11-18(16)21-5/h6-13,19H,1-5H3. The van der Waals surface area contributed by atoms with Crippen molar-refractivity contribution in [3.8, 4) is 11.5 Å². The summed E-state index contributed by atoms with van der Waals surface area (Å²) in [7, 11) is 3.46. The number of hydrogen-bond acceptors (Lipinski definition) is 2. The molecule has 0 fully saturated rings. The van der Waals surface area contributed by atoms with Crippen molar-refractivity contribution < 1.29 is 9.47 Å². The van der Waals surface area contributed by atoms with E-state index in [2.05, 4.69) is 51.1 Å². The molecule has 0 heterocycles. The largest absolute Gasteiger partial charge is 0.496 e. The summed E-state index contributed by atoms with van der Waals surface area (Å²) in [6.07, 6.45) is 0. The fourth-order valence-electron chi connectivity index (χ4n) is 2.91. The van der Waals surface area contributed by atoms with E-state index in [4.69, 9.17) is 9.47 Å². The number of ether oxygens (including phenoxy) is 2. The SMILES string of the molecule is COc1ccccc1C(c1cc(C)ccc1OC)C(C)C. The molecule has 112 valence electrons. The first-order valence-corrected chi connectivity index (χ1v) is 7.36. The highest BCUT2D eigenvalue weighted by Gasteiger charge is 2.24. The molecule has 0 bridgehead atoms. The number of hydrogen-bond donors (Lipinski definition) is 0. The van der Waals surface area contributed by atoms with Crippen LogP contribution in [0.1, 0.15) is 36.5 Å². The summed E-state index contributed by atoms with van der Waals surface area (Å²) in [5.74, 6) is 2.55. The van der Waals surface area contributed by atoms with Gasteiger partial charge in [0.25, 0.3) is 0 Å². The van der Waals surface area contributed by atoms with Crippen LogP contribution >= 0.6 is 0 Å². The lowest BCUT2D eigenvalue weighted by molar-refractivity contribution is 0.390. The van der Waals surface area contributed by atoms with Gasteiger partial charge in [0, 0.05) is 17.0 Å². The minimum atomic E-state index is 0.246. The molecule has 1 unspecified atom stereocenters. The number of para-hydroxylation sites is 1. The van der Waals surface area contributed by atoms with Gasteiger partial charge in [-0.05, 0) is 25.0 Å². The Bertz CT molecular complexity index is 602. The average molecular weight is 284 g/mol. The molecule has 0 amide bonds. The third-order valence-electron chi connectivity index (χ3n) is 3.86. The van der Waals surface area contributed by atoms with Crippen LogP contribution in [0, 0.1) is 12.8 Å². The van der Waals surface area contributed by atoms with Crippen molar-refractivity contribution in [3.63, 3.8) is 0 Å². The molecule has 0 saturated heterocycles. The summed E-state index contributed by atoms with van der Waals surface area (Å²) in [5.41, 5.74) is 3.67. The number of methoxy groups -OCH3 is 2. The Morgan fingerprint density at radius 3 is 2.05 bits per heavy atom. The Morgan fingerprint density at radius 1 is 0.810 bits per heavy atom. The molecule has 2 aromatic rings. The lowest BCUT2D eigenvalue weighted by Crippen LogP contribution is -2.11. The van der Waals surface area contributed by atoms with Crippen LogP contribution in [0.15, 0.2) is 42.5 Å². The molecule has 0 saturated carbocycles. The van der Waals surface area contributed by atoms with Crippen molar-refractivity contribution in [1.29, 1.82) is 0 Å². The van der Waals surface area contributed by atoms with Gasteiger partial charge in [-0.3, -0.25) is 0 Å². The first-order valence-electron chi connectivity index (χ1n) is 7.36. The summed E-state index contributed by atoms with van der Waals surface area (Å²) in [5, 5.41) is 0. The Balaban J connectivity index is 2.62. The smallest absolute Gasteiger partial charge is 0.122 e. The van der Waals surface area contributed by atoms with E-state index in [1.807, 2.05) is 12.1 Å². The third-order valence-corrected chi connectivity index (χ3v) is 3.86. The van der Waals surface area contributed by atoms with Crippen molar-refractivity contribution in [1.82, 2.24) is 0 Å². The molecule has 1 atom stereocenters. The molecule has 2 rings (SSSR count). The first kappa shape index (κ1) is 15.4. The zero-order chi connectivity index (χ0) is 15.4. The molecule has 2 heteroatoms. The second-order valence-electron chi connectivity index (χ2n) is 5.71. The van der Waals surface area contributed by atoms with E-state index in [1.54, 1.807) is 14.2 Å². The van der Waals surface area contributed by atoms with Crippen LogP contribution in [-0.4, -0.2) is 14.2 Å². The van der Waals surface area contributed by atoms with Crippen molar-refractivity contribution >= 4 is 0 Å². The summed E-state index contributed by atoms with van der Waals surface area (Å²) >= 11 is 0. The van der Waals surface area contributed by atoms with Gasteiger partial charge in [0.2, 0.25) is 0 Å². The lowest BCUT2D eigenvalue weighted by atomic mass is 9.81. The maximum absolute atomic E-state index is 5.59. The van der Waals surface area contributed by atoms with Crippen molar-refractivity contribution in [3.05, 3.63) is 59.2 Å². The molecule has 0 spiro atoms. The van der Waals surface area contributed by atoms with Gasteiger partial charge >= 0.3 is 0 Å². The van der Waals surface area contributed by atoms with E-state index in [0.717, 1.165) is 11.5 Å². The van der Waals surface area contributed by atoms with E-state index in [1.165, 1.54) is 16.7 Å². The van der Waals surface area contributed by atoms with Gasteiger partial charge in [0.05, 0.1) is 14.2 Å². The Morgan fingerprint density at radius 2 is 1.43 bits per heavy atom. The molecule has 0 aliphatic rings. The molecule has 0 N–H and O–H groups in total. The van der Waals surface area contributed by atoms with Crippen LogP contribution in [0.4, 0.5) is 0 Å². The molecule has 21 heavy (non-hydrogen) atoms. The van der Waals surface area contributed by atoms with Crippen LogP contribution in [0.2, 0.25) is 0 Å². The van der Waals surface area contributed by atoms with Crippen LogP contribution in [-0.2, 0) is 0 Å². The van der Waals surface area contributed by atoms with Crippen LogP contribution < -0.4 is 9.47 Å². The molecular formula is C19H24O2. The second-order valence-corrected chi connectivity index (χ2v) is 5.71. The first-order chi connectivity index (χ1) is 10.1. The van der Waals surface area contributed by atoms with E-state index in [0.29, 0.717) is 5.92 Å². The highest BCUT2D eigenvalue weighted by Crippen LogP contribution is 2.41. The topological polar surface area (TPSA) is 18.5 Å². The Hall–Kier alpha value is -1.96. The third kappa shape index (κ3) is 3.21. The van der Waals surface area contributed by atoms with Gasteiger partial charge in [0.15, 0.2) is 0 Å². The summed E-state index contributed by atoms with van der Waals surface area (Å²) in [6, 6.07) is 14.6. The van der Waals surface area contributed by atoms with E-state index >= 15 is 0 Å². The number of rotatable bonds is 5. The monoisotopic (exact) mass is 284 g/mol. The highest BCUT2D eigenvalue weighted by atomic mass is 16.5. The maximum Gasteiger partial charge on any atom is 0.122 e. The zero-order valence-electron chi connectivity index (χ0n) is 13.5. The van der Waals surface area contributed by atoms with E-state index < -0.39 is 0 Å². The van der Waals surface area contributed by atoms with E-state index in [9.17, 15) is 0 Å². The van der Waals surface area contributed by atoms with Gasteiger partial charge in [-0.25, -0.2) is 0 Å². The minimum absolute atomic E-state index is 0.246. The fourth-order valence-corrected chi connectivity index (χ4v) is 2.91. The summed E-state index contributed by atoms with van der Waals surface area (Å²) in [4.78, 5) is 0. The minimum Gasteiger partial charge on any atom is -0.496 e. The zero-order valence-corrected chi connectivity index (χ0v) is 13.5. The van der Waals surface area contributed by atoms with Crippen molar-refractivity contribution in [2.45, 2.75) is 26.7 Å². The second kappa shape index (κ2) is 6.66. The molecule has 0 aromatic heterocycles. The predicted molar refractivity (Wildman–Crippen MR) is 87.4 cm³/mol. The molecular weight excluding hydrogens is 260 g/mol. The van der Waals surface area contributed by atoms with Crippen LogP contribution in [0.25, 0.3) is 0 Å². The predicted octanol–water partition coefficient (Wildman–Crippen LogP) is 4.80. The van der Waals surface area contributed by atoms with Gasteiger partial charge in [0.1, 0.15) is 11.5 Å². The Labute approximate surface area is 127 Å². The number of benzene rings is 2. The molecule has 0 aliphatic heterocycles.